The fourth-order valence-corrected chi connectivity index (χ4v) is 2.08. The summed E-state index contributed by atoms with van der Waals surface area (Å²) in [5, 5.41) is 12.5. The Labute approximate surface area is 81.3 Å². The quantitative estimate of drug-likeness (QED) is 0.680. The van der Waals surface area contributed by atoms with E-state index in [1.54, 1.807) is 0 Å². The van der Waals surface area contributed by atoms with Crippen LogP contribution in [0.25, 0.3) is 0 Å². The van der Waals surface area contributed by atoms with E-state index in [-0.39, 0.29) is 6.10 Å². The number of aromatic nitrogens is 1. The average molecular weight is 196 g/mol. The highest BCUT2D eigenvalue weighted by Crippen LogP contribution is 2.13. The van der Waals surface area contributed by atoms with E-state index in [4.69, 9.17) is 0 Å². The van der Waals surface area contributed by atoms with Crippen molar-refractivity contribution in [1.82, 2.24) is 9.69 Å². The van der Waals surface area contributed by atoms with E-state index >= 15 is 0 Å². The Bertz CT molecular complexity index is 295. The molecule has 1 atom stereocenters. The lowest BCUT2D eigenvalue weighted by atomic mass is 10.1. The molecule has 4 heteroatoms. The molecule has 0 spiro atoms. The number of aliphatic hydroxyl groups is 1. The number of rotatable bonds is 2. The highest BCUT2D eigenvalue weighted by Gasteiger charge is 2.10. The van der Waals surface area contributed by atoms with Gasteiger partial charge in [0.15, 0.2) is 0 Å². The molecular weight excluding hydrogens is 184 g/mol. The van der Waals surface area contributed by atoms with Crippen LogP contribution in [0.3, 0.4) is 0 Å². The van der Waals surface area contributed by atoms with Gasteiger partial charge in [-0.1, -0.05) is 11.6 Å². The Morgan fingerprint density at radius 3 is 3.31 bits per heavy atom. The minimum Gasteiger partial charge on any atom is -0.388 e. The fourth-order valence-electron chi connectivity index (χ4n) is 1.45. The number of β-amino-alcohol motifs (C(OH)–C–C–N with tert-alkyl or cyclic N) is 1. The molecule has 0 amide bonds. The van der Waals surface area contributed by atoms with Gasteiger partial charge < -0.3 is 10.4 Å². The zero-order valence-electron chi connectivity index (χ0n) is 7.23. The Hall–Kier alpha value is -0.710. The van der Waals surface area contributed by atoms with Gasteiger partial charge in [0.2, 0.25) is 0 Å². The van der Waals surface area contributed by atoms with Crippen LogP contribution in [0, 0.1) is 0 Å². The van der Waals surface area contributed by atoms with Crippen molar-refractivity contribution in [2.45, 2.75) is 12.5 Å². The van der Waals surface area contributed by atoms with Crippen molar-refractivity contribution in [1.29, 1.82) is 0 Å². The van der Waals surface area contributed by atoms with Crippen LogP contribution in [0.1, 0.15) is 4.88 Å². The SMILES string of the molecule is OC1C=C(Cc2ccns2)CNC1. The molecule has 0 bridgehead atoms. The first-order chi connectivity index (χ1) is 6.34. The molecule has 1 aromatic heterocycles. The maximum atomic E-state index is 9.36. The molecule has 2 heterocycles. The normalized spacial score (nSPS) is 22.8. The van der Waals surface area contributed by atoms with Crippen molar-refractivity contribution in [2.24, 2.45) is 0 Å². The first-order valence-corrected chi connectivity index (χ1v) is 5.10. The second-order valence-corrected chi connectivity index (χ2v) is 4.10. The summed E-state index contributed by atoms with van der Waals surface area (Å²) in [6.45, 7) is 1.56. The van der Waals surface area contributed by atoms with Gasteiger partial charge in [0, 0.05) is 30.6 Å². The van der Waals surface area contributed by atoms with Crippen molar-refractivity contribution in [3.8, 4) is 0 Å². The minimum absolute atomic E-state index is 0.323. The van der Waals surface area contributed by atoms with E-state index in [9.17, 15) is 5.11 Å². The predicted molar refractivity (Wildman–Crippen MR) is 52.8 cm³/mol. The topological polar surface area (TPSA) is 45.2 Å². The van der Waals surface area contributed by atoms with Crippen molar-refractivity contribution >= 4 is 11.5 Å². The Morgan fingerprint density at radius 1 is 1.69 bits per heavy atom. The van der Waals surface area contributed by atoms with E-state index < -0.39 is 0 Å². The molecule has 1 aliphatic rings. The van der Waals surface area contributed by atoms with Crippen LogP contribution in [0.5, 0.6) is 0 Å². The maximum absolute atomic E-state index is 9.36. The van der Waals surface area contributed by atoms with Gasteiger partial charge >= 0.3 is 0 Å². The molecule has 0 aliphatic carbocycles. The first kappa shape index (κ1) is 8.87. The average Bonchev–Trinajstić information content (AvgIpc) is 2.57. The summed E-state index contributed by atoms with van der Waals surface area (Å²) < 4.78 is 4.04. The van der Waals surface area contributed by atoms with Gasteiger partial charge in [-0.15, -0.1) is 0 Å². The summed E-state index contributed by atoms with van der Waals surface area (Å²) in [6, 6.07) is 2.02. The summed E-state index contributed by atoms with van der Waals surface area (Å²) in [5.41, 5.74) is 1.25. The molecule has 3 nitrogen and oxygen atoms in total. The van der Waals surface area contributed by atoms with Crippen molar-refractivity contribution < 1.29 is 5.11 Å². The Morgan fingerprint density at radius 2 is 2.62 bits per heavy atom. The lowest BCUT2D eigenvalue weighted by Crippen LogP contribution is -2.32. The lowest BCUT2D eigenvalue weighted by Gasteiger charge is -2.17. The third kappa shape index (κ3) is 2.37. The van der Waals surface area contributed by atoms with Crippen molar-refractivity contribution in [3.63, 3.8) is 0 Å². The summed E-state index contributed by atoms with van der Waals surface area (Å²) in [4.78, 5) is 1.25. The second-order valence-electron chi connectivity index (χ2n) is 3.18. The van der Waals surface area contributed by atoms with Crippen molar-refractivity contribution in [3.05, 3.63) is 28.8 Å². The molecule has 0 radical (unpaired) electrons. The molecule has 0 saturated heterocycles. The summed E-state index contributed by atoms with van der Waals surface area (Å²) >= 11 is 1.52. The third-order valence-electron chi connectivity index (χ3n) is 2.03. The second kappa shape index (κ2) is 4.00. The van der Waals surface area contributed by atoms with Gasteiger partial charge in [0.25, 0.3) is 0 Å². The molecule has 2 rings (SSSR count). The van der Waals surface area contributed by atoms with Gasteiger partial charge in [-0.25, -0.2) is 4.37 Å². The van der Waals surface area contributed by atoms with Crippen LogP contribution in [-0.4, -0.2) is 28.7 Å². The van der Waals surface area contributed by atoms with E-state index in [1.165, 1.54) is 22.0 Å². The maximum Gasteiger partial charge on any atom is 0.0848 e. The number of aliphatic hydroxyl groups excluding tert-OH is 1. The number of hydrogen-bond donors (Lipinski definition) is 2. The smallest absolute Gasteiger partial charge is 0.0848 e. The van der Waals surface area contributed by atoms with Gasteiger partial charge in [-0.05, 0) is 17.6 Å². The Kier molecular flexibility index (Phi) is 2.73. The number of nitrogens with zero attached hydrogens (tertiary/aromatic N) is 1. The van der Waals surface area contributed by atoms with E-state index in [0.29, 0.717) is 6.54 Å². The minimum atomic E-state index is -0.323. The standard InChI is InChI=1S/C9H12N2OS/c12-8-3-7(5-10-6-8)4-9-1-2-11-13-9/h1-3,8,10,12H,4-6H2. The monoisotopic (exact) mass is 196 g/mol. The summed E-state index contributed by atoms with van der Waals surface area (Å²) in [5.74, 6) is 0. The molecular formula is C9H12N2OS. The van der Waals surface area contributed by atoms with Gasteiger partial charge in [-0.2, -0.15) is 0 Å². The molecule has 2 N–H and O–H groups in total. The van der Waals surface area contributed by atoms with E-state index in [1.807, 2.05) is 18.3 Å². The molecule has 1 unspecified atom stereocenters. The molecule has 13 heavy (non-hydrogen) atoms. The van der Waals surface area contributed by atoms with Crippen LogP contribution in [0.4, 0.5) is 0 Å². The molecule has 0 aromatic carbocycles. The largest absolute Gasteiger partial charge is 0.388 e. The van der Waals surface area contributed by atoms with Gasteiger partial charge in [-0.3, -0.25) is 0 Å². The van der Waals surface area contributed by atoms with Crippen molar-refractivity contribution in [2.75, 3.05) is 13.1 Å². The fraction of sp³-hybridized carbons (Fsp3) is 0.444. The van der Waals surface area contributed by atoms with Crippen LogP contribution < -0.4 is 5.32 Å². The van der Waals surface area contributed by atoms with Crippen LogP contribution in [0.2, 0.25) is 0 Å². The summed E-state index contributed by atoms with van der Waals surface area (Å²) in [7, 11) is 0. The summed E-state index contributed by atoms with van der Waals surface area (Å²) in [6.07, 6.45) is 4.34. The molecule has 0 saturated carbocycles. The van der Waals surface area contributed by atoms with E-state index in [2.05, 4.69) is 9.69 Å². The zero-order valence-corrected chi connectivity index (χ0v) is 8.05. The highest BCUT2D eigenvalue weighted by atomic mass is 32.1. The zero-order chi connectivity index (χ0) is 9.10. The molecule has 1 aliphatic heterocycles. The number of hydrogen-bond acceptors (Lipinski definition) is 4. The molecule has 1 aromatic rings. The Balaban J connectivity index is 2.02. The highest BCUT2D eigenvalue weighted by molar-refractivity contribution is 7.05. The van der Waals surface area contributed by atoms with Gasteiger partial charge in [0.05, 0.1) is 6.10 Å². The molecule has 70 valence electrons. The van der Waals surface area contributed by atoms with Crippen LogP contribution in [0.15, 0.2) is 23.9 Å². The van der Waals surface area contributed by atoms with Gasteiger partial charge in [0.1, 0.15) is 0 Å². The van der Waals surface area contributed by atoms with Crippen LogP contribution >= 0.6 is 11.5 Å². The predicted octanol–water partition coefficient (Wildman–Crippen LogP) is 0.576. The first-order valence-electron chi connectivity index (χ1n) is 4.32. The van der Waals surface area contributed by atoms with Crippen LogP contribution in [-0.2, 0) is 6.42 Å². The number of nitrogens with one attached hydrogen (secondary N) is 1. The lowest BCUT2D eigenvalue weighted by molar-refractivity contribution is 0.213. The van der Waals surface area contributed by atoms with E-state index in [0.717, 1.165) is 13.0 Å². The molecule has 0 fully saturated rings. The third-order valence-corrected chi connectivity index (χ3v) is 2.77.